The molecule has 0 heterocycles. The van der Waals surface area contributed by atoms with Crippen LogP contribution in [0.4, 0.5) is 0 Å². The fourth-order valence-corrected chi connectivity index (χ4v) is 0.385. The highest BCUT2D eigenvalue weighted by atomic mass is 79.9. The number of alkyl halides is 1. The molecule has 12 heavy (non-hydrogen) atoms. The Morgan fingerprint density at radius 2 is 1.08 bits per heavy atom. The number of hydrogen-bond acceptors (Lipinski definition) is 1. The Morgan fingerprint density at radius 3 is 1.17 bits per heavy atom. The van der Waals surface area contributed by atoms with Crippen molar-refractivity contribution in [3.05, 3.63) is 36.4 Å². The zero-order chi connectivity index (χ0) is 9.82. The summed E-state index contributed by atoms with van der Waals surface area (Å²) < 4.78 is 0. The van der Waals surface area contributed by atoms with Crippen LogP contribution in [0.15, 0.2) is 36.4 Å². The lowest BCUT2D eigenvalue weighted by atomic mass is 10.4. The van der Waals surface area contributed by atoms with E-state index >= 15 is 0 Å². The summed E-state index contributed by atoms with van der Waals surface area (Å²) in [5.41, 5.74) is 0. The third-order valence-corrected chi connectivity index (χ3v) is 0.667. The lowest BCUT2D eigenvalue weighted by Gasteiger charge is -1.69. The fourth-order valence-electron chi connectivity index (χ4n) is 0.385. The second kappa shape index (κ2) is 12.8. The van der Waals surface area contributed by atoms with Crippen molar-refractivity contribution in [1.29, 1.82) is 0 Å². The highest BCUT2D eigenvalue weighted by Crippen LogP contribution is 1.79. The van der Waals surface area contributed by atoms with E-state index in [-0.39, 0.29) is 0 Å². The van der Waals surface area contributed by atoms with Gasteiger partial charge in [-0.25, -0.2) is 0 Å². The molecule has 0 bridgehead atoms. The van der Waals surface area contributed by atoms with Gasteiger partial charge in [-0.05, 0) is 5.83 Å². The molecule has 0 aliphatic rings. The SMILES string of the molecule is CBr.CC(=O)O.c1ccccc1. The van der Waals surface area contributed by atoms with Gasteiger partial charge < -0.3 is 5.11 Å². The first-order valence-corrected chi connectivity index (χ1v) is 4.89. The standard InChI is InChI=1S/C6H6.C2H4O2.CH3Br/c1-2-4-6-5-3-1;1-2(3)4;1-2/h1-6H;1H3,(H,3,4);1H3. The van der Waals surface area contributed by atoms with Gasteiger partial charge >= 0.3 is 0 Å². The zero-order valence-corrected chi connectivity index (χ0v) is 8.78. The Bertz CT molecular complexity index is 144. The van der Waals surface area contributed by atoms with Crippen LogP contribution in [0.2, 0.25) is 0 Å². The van der Waals surface area contributed by atoms with E-state index in [1.807, 2.05) is 42.2 Å². The van der Waals surface area contributed by atoms with Crippen LogP contribution < -0.4 is 0 Å². The van der Waals surface area contributed by atoms with E-state index in [9.17, 15) is 0 Å². The molecular formula is C9H13BrO2. The molecule has 0 spiro atoms. The van der Waals surface area contributed by atoms with E-state index in [1.165, 1.54) is 0 Å². The van der Waals surface area contributed by atoms with Gasteiger partial charge in [-0.15, -0.1) is 0 Å². The first-order valence-electron chi connectivity index (χ1n) is 3.31. The number of halogens is 1. The summed E-state index contributed by atoms with van der Waals surface area (Å²) >= 11 is 2.94. The topological polar surface area (TPSA) is 37.3 Å². The Hall–Kier alpha value is -0.830. The van der Waals surface area contributed by atoms with Crippen molar-refractivity contribution in [2.24, 2.45) is 0 Å². The zero-order valence-electron chi connectivity index (χ0n) is 7.20. The lowest BCUT2D eigenvalue weighted by Crippen LogP contribution is -1.78. The normalized spacial score (nSPS) is 6.58. The molecule has 1 aromatic rings. The molecule has 1 N–H and O–H groups in total. The second-order valence-corrected chi connectivity index (χ2v) is 1.67. The number of benzene rings is 1. The molecule has 0 atom stereocenters. The van der Waals surface area contributed by atoms with Gasteiger partial charge in [0.05, 0.1) is 0 Å². The third-order valence-electron chi connectivity index (χ3n) is 0.667. The van der Waals surface area contributed by atoms with Crippen LogP contribution in [-0.2, 0) is 4.79 Å². The predicted octanol–water partition coefficient (Wildman–Crippen LogP) is 2.79. The van der Waals surface area contributed by atoms with Gasteiger partial charge in [0.2, 0.25) is 0 Å². The minimum absolute atomic E-state index is 0.833. The molecule has 0 saturated heterocycles. The molecule has 0 radical (unpaired) electrons. The minimum Gasteiger partial charge on any atom is -0.481 e. The maximum atomic E-state index is 9.00. The summed E-state index contributed by atoms with van der Waals surface area (Å²) in [6.07, 6.45) is 0. The van der Waals surface area contributed by atoms with Gasteiger partial charge in [0, 0.05) is 6.92 Å². The number of aliphatic carboxylic acids is 1. The molecule has 1 rings (SSSR count). The molecule has 0 fully saturated rings. The Labute approximate surface area is 81.4 Å². The van der Waals surface area contributed by atoms with Gasteiger partial charge in [-0.1, -0.05) is 52.3 Å². The van der Waals surface area contributed by atoms with E-state index < -0.39 is 5.97 Å². The summed E-state index contributed by atoms with van der Waals surface area (Å²) in [7, 11) is 0. The van der Waals surface area contributed by atoms with E-state index in [1.54, 1.807) is 0 Å². The maximum Gasteiger partial charge on any atom is 0.300 e. The molecule has 2 nitrogen and oxygen atoms in total. The number of rotatable bonds is 0. The summed E-state index contributed by atoms with van der Waals surface area (Å²) in [5, 5.41) is 7.42. The number of carboxylic acids is 1. The van der Waals surface area contributed by atoms with Crippen molar-refractivity contribution in [2.45, 2.75) is 6.92 Å². The van der Waals surface area contributed by atoms with Crippen molar-refractivity contribution in [2.75, 3.05) is 5.83 Å². The molecule has 0 unspecified atom stereocenters. The van der Waals surface area contributed by atoms with Crippen LogP contribution in [0.25, 0.3) is 0 Å². The van der Waals surface area contributed by atoms with Crippen molar-refractivity contribution >= 4 is 21.9 Å². The molecular weight excluding hydrogens is 220 g/mol. The minimum atomic E-state index is -0.833. The van der Waals surface area contributed by atoms with Crippen molar-refractivity contribution in [1.82, 2.24) is 0 Å². The van der Waals surface area contributed by atoms with Crippen LogP contribution in [-0.4, -0.2) is 16.9 Å². The number of carbonyl (C=O) groups is 1. The predicted molar refractivity (Wildman–Crippen MR) is 54.6 cm³/mol. The first kappa shape index (κ1) is 13.7. The van der Waals surface area contributed by atoms with Crippen LogP contribution in [0, 0.1) is 0 Å². The van der Waals surface area contributed by atoms with Gasteiger partial charge in [-0.2, -0.15) is 0 Å². The fraction of sp³-hybridized carbons (Fsp3) is 0.222. The lowest BCUT2D eigenvalue weighted by molar-refractivity contribution is -0.134. The number of carboxylic acid groups (broad SMARTS) is 1. The van der Waals surface area contributed by atoms with Crippen LogP contribution in [0.3, 0.4) is 0 Å². The summed E-state index contributed by atoms with van der Waals surface area (Å²) in [6, 6.07) is 12.0. The van der Waals surface area contributed by atoms with Gasteiger partial charge in [0.15, 0.2) is 0 Å². The second-order valence-electron chi connectivity index (χ2n) is 1.67. The highest BCUT2D eigenvalue weighted by molar-refractivity contribution is 9.08. The Kier molecular flexibility index (Phi) is 14.7. The van der Waals surface area contributed by atoms with E-state index in [4.69, 9.17) is 9.90 Å². The van der Waals surface area contributed by atoms with Crippen LogP contribution >= 0.6 is 15.9 Å². The third kappa shape index (κ3) is 22.9. The molecule has 0 aliphatic carbocycles. The van der Waals surface area contributed by atoms with Crippen molar-refractivity contribution in [3.63, 3.8) is 0 Å². The smallest absolute Gasteiger partial charge is 0.300 e. The molecule has 0 amide bonds. The average molecular weight is 233 g/mol. The Balaban J connectivity index is 0. The van der Waals surface area contributed by atoms with E-state index in [0.717, 1.165) is 6.92 Å². The summed E-state index contributed by atoms with van der Waals surface area (Å²) in [6.45, 7) is 1.08. The summed E-state index contributed by atoms with van der Waals surface area (Å²) in [5.74, 6) is 0.979. The average Bonchev–Trinajstić information content (AvgIpc) is 2.10. The van der Waals surface area contributed by atoms with Crippen molar-refractivity contribution < 1.29 is 9.90 Å². The molecule has 0 aliphatic heterocycles. The first-order chi connectivity index (χ1) is 5.73. The molecule has 0 aromatic heterocycles. The quantitative estimate of drug-likeness (QED) is 0.699. The van der Waals surface area contributed by atoms with Gasteiger partial charge in [0.1, 0.15) is 0 Å². The highest BCUT2D eigenvalue weighted by Gasteiger charge is 1.65. The molecule has 0 saturated carbocycles. The van der Waals surface area contributed by atoms with Gasteiger partial charge in [-0.3, -0.25) is 4.79 Å². The van der Waals surface area contributed by atoms with E-state index in [2.05, 4.69) is 15.9 Å². The Morgan fingerprint density at radius 1 is 1.00 bits per heavy atom. The largest absolute Gasteiger partial charge is 0.481 e. The number of hydrogen-bond donors (Lipinski definition) is 1. The van der Waals surface area contributed by atoms with Crippen LogP contribution in [0.5, 0.6) is 0 Å². The summed E-state index contributed by atoms with van der Waals surface area (Å²) in [4.78, 5) is 9.00. The monoisotopic (exact) mass is 232 g/mol. The molecule has 3 heteroatoms. The van der Waals surface area contributed by atoms with Gasteiger partial charge in [0.25, 0.3) is 5.97 Å². The molecule has 68 valence electrons. The molecule has 1 aromatic carbocycles. The van der Waals surface area contributed by atoms with Crippen molar-refractivity contribution in [3.8, 4) is 0 Å². The van der Waals surface area contributed by atoms with E-state index in [0.29, 0.717) is 0 Å². The maximum absolute atomic E-state index is 9.00. The van der Waals surface area contributed by atoms with Crippen LogP contribution in [0.1, 0.15) is 6.92 Å².